The van der Waals surface area contributed by atoms with Crippen molar-refractivity contribution in [2.24, 2.45) is 0 Å². The van der Waals surface area contributed by atoms with E-state index in [1.807, 2.05) is 53.4 Å². The molecule has 6 nitrogen and oxygen atoms in total. The standard InChI is InChI=1S/C16H15F3N2O4S3.K/c17-16(18,19)28(24,25)20-27(22,23)11-5-10-21-12-6-1-3-8-14(12)26-15-9-4-2-7-13(15)21;/h1-4,6-9,20H,5,10-11H2;. The maximum atomic E-state index is 12.4. The fourth-order valence-electron chi connectivity index (χ4n) is 2.69. The topological polar surface area (TPSA) is 83.6 Å². The van der Waals surface area contributed by atoms with Gasteiger partial charge in [-0.05, 0) is 30.7 Å². The predicted molar refractivity (Wildman–Crippen MR) is 106 cm³/mol. The van der Waals surface area contributed by atoms with Gasteiger partial charge in [0, 0.05) is 67.7 Å². The fourth-order valence-corrected chi connectivity index (χ4v) is 6.34. The summed E-state index contributed by atoms with van der Waals surface area (Å²) in [6.07, 6.45) is -0.0734. The van der Waals surface area contributed by atoms with Gasteiger partial charge in [0.15, 0.2) is 0 Å². The van der Waals surface area contributed by atoms with Gasteiger partial charge in [-0.2, -0.15) is 13.2 Å². The first-order valence-corrected chi connectivity index (χ1v) is 11.9. The van der Waals surface area contributed by atoms with Gasteiger partial charge in [0.2, 0.25) is 10.0 Å². The van der Waals surface area contributed by atoms with Crippen LogP contribution in [0.15, 0.2) is 58.3 Å². The van der Waals surface area contributed by atoms with Crippen molar-refractivity contribution in [1.29, 1.82) is 0 Å². The number of benzene rings is 2. The molecular formula is C16H15F3KN2O4S3. The zero-order valence-electron chi connectivity index (χ0n) is 15.2. The van der Waals surface area contributed by atoms with Crippen LogP contribution in [0.3, 0.4) is 0 Å². The van der Waals surface area contributed by atoms with Crippen LogP contribution in [0.25, 0.3) is 0 Å². The molecule has 0 saturated carbocycles. The second kappa shape index (κ2) is 9.57. The summed E-state index contributed by atoms with van der Waals surface area (Å²) in [5.41, 5.74) is -4.00. The van der Waals surface area contributed by atoms with Gasteiger partial charge < -0.3 is 4.90 Å². The van der Waals surface area contributed by atoms with Gasteiger partial charge in [0.25, 0.3) is 0 Å². The fraction of sp³-hybridized carbons (Fsp3) is 0.250. The van der Waals surface area contributed by atoms with Crippen LogP contribution in [0.5, 0.6) is 0 Å². The van der Waals surface area contributed by atoms with Gasteiger partial charge in [-0.25, -0.2) is 16.8 Å². The van der Waals surface area contributed by atoms with Crippen molar-refractivity contribution in [1.82, 2.24) is 4.13 Å². The van der Waals surface area contributed by atoms with Crippen LogP contribution < -0.4 is 9.03 Å². The Morgan fingerprint density at radius 3 is 1.86 bits per heavy atom. The van der Waals surface area contributed by atoms with E-state index in [-0.39, 0.29) is 64.4 Å². The summed E-state index contributed by atoms with van der Waals surface area (Å²) in [6.45, 7) is 0.182. The van der Waals surface area contributed by atoms with Gasteiger partial charge in [0.1, 0.15) is 0 Å². The summed E-state index contributed by atoms with van der Waals surface area (Å²) < 4.78 is 83.6. The SMILES string of the molecule is O=S(=O)(CCCN1c2ccccc2Sc2ccccc21)NS(=O)(=O)C(F)(F)F.[K]. The molecular weight excluding hydrogens is 476 g/mol. The maximum absolute atomic E-state index is 12.4. The Balaban J connectivity index is 0.00000300. The van der Waals surface area contributed by atoms with Crippen molar-refractivity contribution in [3.05, 3.63) is 48.5 Å². The quantitative estimate of drug-likeness (QED) is 0.626. The number of hydrogen-bond acceptors (Lipinski definition) is 6. The zero-order chi connectivity index (χ0) is 20.6. The van der Waals surface area contributed by atoms with E-state index in [1.54, 1.807) is 11.8 Å². The molecule has 0 unspecified atom stereocenters. The number of nitrogens with zero attached hydrogens (tertiary/aromatic N) is 1. The summed E-state index contributed by atoms with van der Waals surface area (Å²) in [4.78, 5) is 3.79. The second-order valence-electron chi connectivity index (χ2n) is 5.89. The van der Waals surface area contributed by atoms with Crippen molar-refractivity contribution >= 4 is 94.6 Å². The van der Waals surface area contributed by atoms with Crippen LogP contribution in [-0.4, -0.2) is 86.0 Å². The van der Waals surface area contributed by atoms with Gasteiger partial charge in [-0.3, -0.25) is 0 Å². The van der Waals surface area contributed by atoms with Gasteiger partial charge in [0.05, 0.1) is 17.1 Å². The average molecular weight is 492 g/mol. The van der Waals surface area contributed by atoms with Crippen molar-refractivity contribution < 1.29 is 30.0 Å². The number of nitrogens with one attached hydrogen (secondary N) is 1. The first-order valence-electron chi connectivity index (χ1n) is 7.96. The largest absolute Gasteiger partial charge is 0.512 e. The zero-order valence-corrected chi connectivity index (χ0v) is 20.8. The molecule has 153 valence electrons. The molecule has 1 N–H and O–H groups in total. The first-order chi connectivity index (χ1) is 13.0. The molecule has 0 atom stereocenters. The Morgan fingerprint density at radius 2 is 1.38 bits per heavy atom. The Kier molecular flexibility index (Phi) is 8.29. The van der Waals surface area contributed by atoms with E-state index in [2.05, 4.69) is 0 Å². The number of para-hydroxylation sites is 2. The molecule has 1 heterocycles. The van der Waals surface area contributed by atoms with Gasteiger partial charge in [-0.1, -0.05) is 36.0 Å². The third-order valence-corrected chi connectivity index (χ3v) is 8.33. The average Bonchev–Trinajstić information content (AvgIpc) is 2.59. The third-order valence-electron chi connectivity index (χ3n) is 3.87. The van der Waals surface area contributed by atoms with E-state index in [4.69, 9.17) is 0 Å². The molecule has 0 fully saturated rings. The number of rotatable bonds is 6. The predicted octanol–water partition coefficient (Wildman–Crippen LogP) is 3.07. The molecule has 3 rings (SSSR count). The number of sulfonamides is 2. The molecule has 0 saturated heterocycles. The van der Waals surface area contributed by atoms with Crippen molar-refractivity contribution in [3.63, 3.8) is 0 Å². The molecule has 29 heavy (non-hydrogen) atoms. The molecule has 1 radical (unpaired) electrons. The second-order valence-corrected chi connectivity index (χ2v) is 10.8. The Labute approximate surface area is 213 Å². The summed E-state index contributed by atoms with van der Waals surface area (Å²) in [7, 11) is -10.6. The first kappa shape index (κ1) is 25.1. The number of alkyl halides is 3. The molecule has 1 aliphatic heterocycles. The van der Waals surface area contributed by atoms with E-state index in [0.717, 1.165) is 25.3 Å². The van der Waals surface area contributed by atoms with Crippen molar-refractivity contribution in [2.75, 3.05) is 17.2 Å². The number of fused-ring (bicyclic) bond motifs is 2. The number of anilines is 2. The van der Waals surface area contributed by atoms with E-state index in [1.165, 1.54) is 0 Å². The number of hydrogen-bond donors (Lipinski definition) is 1. The Hall–Kier alpha value is -0.124. The molecule has 2 aromatic carbocycles. The molecule has 1 aliphatic rings. The van der Waals surface area contributed by atoms with E-state index in [9.17, 15) is 30.0 Å². The smallest absolute Gasteiger partial charge is 0.340 e. The molecule has 0 amide bonds. The molecule has 13 heteroatoms. The molecule has 0 bridgehead atoms. The summed E-state index contributed by atoms with van der Waals surface area (Å²) in [5, 5.41) is 0. The molecule has 2 aromatic rings. The van der Waals surface area contributed by atoms with Crippen LogP contribution in [0.4, 0.5) is 24.5 Å². The van der Waals surface area contributed by atoms with E-state index < -0.39 is 31.3 Å². The van der Waals surface area contributed by atoms with Crippen LogP contribution in [-0.2, 0) is 20.0 Å². The monoisotopic (exact) mass is 491 g/mol. The molecule has 0 aliphatic carbocycles. The van der Waals surface area contributed by atoms with Crippen LogP contribution >= 0.6 is 11.8 Å². The minimum Gasteiger partial charge on any atom is -0.340 e. The summed E-state index contributed by atoms with van der Waals surface area (Å²) in [5.74, 6) is -0.768. The Morgan fingerprint density at radius 1 is 0.897 bits per heavy atom. The Bertz CT molecular complexity index is 1050. The van der Waals surface area contributed by atoms with Crippen molar-refractivity contribution in [3.8, 4) is 0 Å². The molecule has 0 aromatic heterocycles. The van der Waals surface area contributed by atoms with E-state index >= 15 is 0 Å². The number of halogens is 3. The summed E-state index contributed by atoms with van der Waals surface area (Å²) in [6, 6.07) is 14.9. The van der Waals surface area contributed by atoms with Crippen LogP contribution in [0.1, 0.15) is 6.42 Å². The van der Waals surface area contributed by atoms with E-state index in [0.29, 0.717) is 0 Å². The van der Waals surface area contributed by atoms with Gasteiger partial charge in [-0.15, -0.1) is 4.13 Å². The van der Waals surface area contributed by atoms with Crippen LogP contribution in [0.2, 0.25) is 0 Å². The molecule has 0 spiro atoms. The normalized spacial score (nSPS) is 14.0. The minimum atomic E-state index is -5.96. The van der Waals surface area contributed by atoms with Crippen LogP contribution in [0, 0.1) is 0 Å². The third kappa shape index (κ3) is 5.98. The van der Waals surface area contributed by atoms with Gasteiger partial charge >= 0.3 is 15.5 Å². The summed E-state index contributed by atoms with van der Waals surface area (Å²) >= 11 is 1.56. The maximum Gasteiger partial charge on any atom is 0.512 e. The van der Waals surface area contributed by atoms with Crippen molar-refractivity contribution in [2.45, 2.75) is 21.7 Å². The minimum absolute atomic E-state index is 0.